The zero-order chi connectivity index (χ0) is 17.8. The zero-order valence-corrected chi connectivity index (χ0v) is 14.9. The molecule has 1 aliphatic heterocycles. The molecule has 1 saturated carbocycles. The highest BCUT2D eigenvalue weighted by Gasteiger charge is 2.32. The van der Waals surface area contributed by atoms with Crippen molar-refractivity contribution in [3.8, 4) is 11.5 Å². The number of piperidine rings is 1. The highest BCUT2D eigenvalue weighted by atomic mass is 16.5. The molecule has 0 radical (unpaired) electrons. The molecule has 1 heterocycles. The molecule has 0 unspecified atom stereocenters. The largest absolute Gasteiger partial charge is 0.497 e. The number of likely N-dealkylation sites (tertiary alicyclic amines) is 1. The number of ether oxygens (including phenoxy) is 2. The van der Waals surface area contributed by atoms with Crippen LogP contribution >= 0.6 is 0 Å². The Morgan fingerprint density at radius 1 is 1.00 bits per heavy atom. The summed E-state index contributed by atoms with van der Waals surface area (Å²) in [5, 5.41) is 3.07. The fourth-order valence-corrected chi connectivity index (χ4v) is 3.36. The topological polar surface area (TPSA) is 67.9 Å². The van der Waals surface area contributed by atoms with E-state index in [1.165, 1.54) is 6.42 Å². The van der Waals surface area contributed by atoms with E-state index in [1.807, 2.05) is 4.90 Å². The van der Waals surface area contributed by atoms with E-state index in [0.29, 0.717) is 23.0 Å². The average molecular weight is 346 g/mol. The summed E-state index contributed by atoms with van der Waals surface area (Å²) in [5.74, 6) is 1.58. The van der Waals surface area contributed by atoms with Gasteiger partial charge in [-0.25, -0.2) is 0 Å². The molecule has 2 amide bonds. The maximum Gasteiger partial charge on any atom is 0.251 e. The van der Waals surface area contributed by atoms with E-state index in [0.717, 1.165) is 38.8 Å². The molecule has 0 bridgehead atoms. The molecule has 0 spiro atoms. The van der Waals surface area contributed by atoms with Gasteiger partial charge in [0.25, 0.3) is 5.91 Å². The Bertz CT molecular complexity index is 612. The van der Waals surface area contributed by atoms with E-state index in [-0.39, 0.29) is 17.9 Å². The summed E-state index contributed by atoms with van der Waals surface area (Å²) in [7, 11) is 3.12. The van der Waals surface area contributed by atoms with Crippen LogP contribution in [0.3, 0.4) is 0 Å². The highest BCUT2D eigenvalue weighted by molar-refractivity contribution is 5.95. The Labute approximate surface area is 148 Å². The fourth-order valence-electron chi connectivity index (χ4n) is 3.36. The molecule has 2 aliphatic rings. The van der Waals surface area contributed by atoms with Crippen LogP contribution in [-0.2, 0) is 4.79 Å². The molecule has 6 heteroatoms. The number of carbonyl (C=O) groups is 2. The summed E-state index contributed by atoms with van der Waals surface area (Å²) >= 11 is 0. The predicted octanol–water partition coefficient (Wildman–Crippen LogP) is 2.22. The summed E-state index contributed by atoms with van der Waals surface area (Å²) < 4.78 is 10.4. The monoisotopic (exact) mass is 346 g/mol. The van der Waals surface area contributed by atoms with E-state index < -0.39 is 0 Å². The number of hydrogen-bond acceptors (Lipinski definition) is 4. The molecule has 3 rings (SSSR count). The van der Waals surface area contributed by atoms with Crippen molar-refractivity contribution in [1.82, 2.24) is 10.2 Å². The third-order valence-corrected chi connectivity index (χ3v) is 5.21. The number of hydrogen-bond donors (Lipinski definition) is 1. The summed E-state index contributed by atoms with van der Waals surface area (Å²) in [5.41, 5.74) is 0.518. The second kappa shape index (κ2) is 7.76. The van der Waals surface area contributed by atoms with Crippen LogP contribution in [0.25, 0.3) is 0 Å². The van der Waals surface area contributed by atoms with Gasteiger partial charge in [-0.15, -0.1) is 0 Å². The lowest BCUT2D eigenvalue weighted by Gasteiger charge is -2.36. The van der Waals surface area contributed by atoms with Crippen LogP contribution in [0.5, 0.6) is 11.5 Å². The maximum absolute atomic E-state index is 12.5. The first-order chi connectivity index (χ1) is 12.1. The lowest BCUT2D eigenvalue weighted by molar-refractivity contribution is -0.139. The number of benzene rings is 1. The van der Waals surface area contributed by atoms with Gasteiger partial charge >= 0.3 is 0 Å². The molecule has 0 aromatic heterocycles. The van der Waals surface area contributed by atoms with Crippen molar-refractivity contribution < 1.29 is 19.1 Å². The van der Waals surface area contributed by atoms with Gasteiger partial charge in [-0.2, -0.15) is 0 Å². The molecule has 1 aromatic rings. The van der Waals surface area contributed by atoms with Gasteiger partial charge < -0.3 is 19.7 Å². The lowest BCUT2D eigenvalue weighted by Crippen LogP contribution is -2.48. The fraction of sp³-hybridized carbons (Fsp3) is 0.579. The average Bonchev–Trinajstić information content (AvgIpc) is 2.60. The number of carbonyl (C=O) groups excluding carboxylic acids is 2. The molecule has 0 atom stereocenters. The molecule has 2 fully saturated rings. The Kier molecular flexibility index (Phi) is 5.46. The molecule has 1 aliphatic carbocycles. The smallest absolute Gasteiger partial charge is 0.251 e. The predicted molar refractivity (Wildman–Crippen MR) is 94.0 cm³/mol. The third kappa shape index (κ3) is 4.06. The first-order valence-electron chi connectivity index (χ1n) is 8.93. The van der Waals surface area contributed by atoms with Gasteiger partial charge in [0.05, 0.1) is 14.2 Å². The molecule has 1 aromatic carbocycles. The Balaban J connectivity index is 1.54. The van der Waals surface area contributed by atoms with Crippen LogP contribution in [0.2, 0.25) is 0 Å². The van der Waals surface area contributed by atoms with Crippen molar-refractivity contribution in [2.24, 2.45) is 5.92 Å². The lowest BCUT2D eigenvalue weighted by atomic mass is 9.84. The number of nitrogens with one attached hydrogen (secondary N) is 1. The van der Waals surface area contributed by atoms with E-state index in [1.54, 1.807) is 32.4 Å². The minimum absolute atomic E-state index is 0.0927. The first-order valence-corrected chi connectivity index (χ1v) is 8.93. The Hall–Kier alpha value is -2.24. The highest BCUT2D eigenvalue weighted by Crippen LogP contribution is 2.29. The first kappa shape index (κ1) is 17.6. The van der Waals surface area contributed by atoms with Crippen LogP contribution in [0.15, 0.2) is 18.2 Å². The molecule has 1 N–H and O–H groups in total. The minimum Gasteiger partial charge on any atom is -0.497 e. The summed E-state index contributed by atoms with van der Waals surface area (Å²) in [6.45, 7) is 1.45. The van der Waals surface area contributed by atoms with Crippen LogP contribution in [0, 0.1) is 5.92 Å². The maximum atomic E-state index is 12.5. The second-order valence-electron chi connectivity index (χ2n) is 6.80. The standard InChI is InChI=1S/C19H26N2O4/c1-24-16-10-14(11-17(12-16)25-2)18(22)20-15-6-8-21(9-7-15)19(23)13-4-3-5-13/h10-13,15H,3-9H2,1-2H3,(H,20,22). The van der Waals surface area contributed by atoms with Gasteiger partial charge in [0.15, 0.2) is 0 Å². The molecule has 6 nitrogen and oxygen atoms in total. The van der Waals surface area contributed by atoms with Gasteiger partial charge in [0.1, 0.15) is 11.5 Å². The van der Waals surface area contributed by atoms with Crippen LogP contribution in [0.4, 0.5) is 0 Å². The van der Waals surface area contributed by atoms with Gasteiger partial charge in [-0.1, -0.05) is 6.42 Å². The van der Waals surface area contributed by atoms with E-state index in [9.17, 15) is 9.59 Å². The minimum atomic E-state index is -0.138. The zero-order valence-electron chi connectivity index (χ0n) is 14.9. The molecule has 1 saturated heterocycles. The number of nitrogens with zero attached hydrogens (tertiary/aromatic N) is 1. The van der Waals surface area contributed by atoms with Crippen molar-refractivity contribution in [2.45, 2.75) is 38.1 Å². The SMILES string of the molecule is COc1cc(OC)cc(C(=O)NC2CCN(C(=O)C3CCC3)CC2)c1. The summed E-state index contributed by atoms with van der Waals surface area (Å²) in [4.78, 5) is 26.8. The number of amides is 2. The molecule has 25 heavy (non-hydrogen) atoms. The number of methoxy groups -OCH3 is 2. The van der Waals surface area contributed by atoms with E-state index >= 15 is 0 Å². The number of rotatable bonds is 5. The molecule has 136 valence electrons. The summed E-state index contributed by atoms with van der Waals surface area (Å²) in [6, 6.07) is 5.23. The molecular weight excluding hydrogens is 320 g/mol. The molecular formula is C19H26N2O4. The van der Waals surface area contributed by atoms with Gasteiger partial charge in [0.2, 0.25) is 5.91 Å². The Morgan fingerprint density at radius 3 is 2.08 bits per heavy atom. The van der Waals surface area contributed by atoms with E-state index in [4.69, 9.17) is 9.47 Å². The van der Waals surface area contributed by atoms with Crippen molar-refractivity contribution in [1.29, 1.82) is 0 Å². The quantitative estimate of drug-likeness (QED) is 0.888. The van der Waals surface area contributed by atoms with Crippen LogP contribution in [0.1, 0.15) is 42.5 Å². The second-order valence-corrected chi connectivity index (χ2v) is 6.80. The van der Waals surface area contributed by atoms with Crippen molar-refractivity contribution >= 4 is 11.8 Å². The Morgan fingerprint density at radius 2 is 1.60 bits per heavy atom. The normalized spacial score (nSPS) is 18.4. The van der Waals surface area contributed by atoms with E-state index in [2.05, 4.69) is 5.32 Å². The van der Waals surface area contributed by atoms with Crippen LogP contribution < -0.4 is 14.8 Å². The van der Waals surface area contributed by atoms with Crippen LogP contribution in [-0.4, -0.2) is 50.1 Å². The van der Waals surface area contributed by atoms with Gasteiger partial charge in [-0.05, 0) is 37.8 Å². The van der Waals surface area contributed by atoms with Crippen molar-refractivity contribution in [2.75, 3.05) is 27.3 Å². The third-order valence-electron chi connectivity index (χ3n) is 5.21. The van der Waals surface area contributed by atoms with Gasteiger partial charge in [-0.3, -0.25) is 9.59 Å². The van der Waals surface area contributed by atoms with Gasteiger partial charge in [0, 0.05) is 36.7 Å². The summed E-state index contributed by atoms with van der Waals surface area (Å²) in [6.07, 6.45) is 4.84. The van der Waals surface area contributed by atoms with Crippen molar-refractivity contribution in [3.63, 3.8) is 0 Å². The van der Waals surface area contributed by atoms with Crippen molar-refractivity contribution in [3.05, 3.63) is 23.8 Å².